The molecule has 0 bridgehead atoms. The number of benzene rings is 2. The summed E-state index contributed by atoms with van der Waals surface area (Å²) in [4.78, 5) is 51.5. The Morgan fingerprint density at radius 1 is 0.960 bits per heavy atom. The molecule has 0 saturated carbocycles. The number of ketones is 2. The first-order valence-electron chi connectivity index (χ1n) is 15.2. The van der Waals surface area contributed by atoms with E-state index in [-0.39, 0.29) is 23.8 Å². The van der Waals surface area contributed by atoms with Gasteiger partial charge >= 0.3 is 17.4 Å². The Kier molecular flexibility index (Phi) is 7.80. The number of aliphatic hydroxyl groups is 2. The van der Waals surface area contributed by atoms with E-state index in [1.165, 1.54) is 13.2 Å². The van der Waals surface area contributed by atoms with E-state index in [2.05, 4.69) is 4.74 Å². The second-order valence-electron chi connectivity index (χ2n) is 12.1. The number of ether oxygens (including phenoxy) is 7. The minimum atomic E-state index is -2.50. The molecule has 1 aromatic heterocycles. The number of esters is 1. The van der Waals surface area contributed by atoms with Crippen LogP contribution in [0.3, 0.4) is 0 Å². The molecule has 0 radical (unpaired) electrons. The number of phenolic OH excluding ortho intramolecular Hbond substituents is 3. The number of Topliss-reactive ketones (excluding diaryl/α,β-unsaturated/α-hetero) is 1. The highest BCUT2D eigenvalue weighted by Crippen LogP contribution is 2.61. The van der Waals surface area contributed by atoms with Crippen molar-refractivity contribution < 1.29 is 77.5 Å². The first-order chi connectivity index (χ1) is 23.8. The topological polar surface area (TPSA) is 247 Å². The Bertz CT molecular complexity index is 2080. The minimum absolute atomic E-state index is 0.0447. The first kappa shape index (κ1) is 33.3. The van der Waals surface area contributed by atoms with Gasteiger partial charge in [0, 0.05) is 31.6 Å². The van der Waals surface area contributed by atoms with Gasteiger partial charge in [-0.2, -0.15) is 0 Å². The van der Waals surface area contributed by atoms with E-state index in [0.717, 1.165) is 26.4 Å². The third kappa shape index (κ3) is 4.65. The molecule has 0 unspecified atom stereocenters. The van der Waals surface area contributed by atoms with Crippen molar-refractivity contribution in [1.82, 2.24) is 0 Å². The van der Waals surface area contributed by atoms with Crippen LogP contribution in [-0.4, -0.2) is 101 Å². The lowest BCUT2D eigenvalue weighted by Gasteiger charge is -2.44. The lowest BCUT2D eigenvalue weighted by atomic mass is 9.85. The predicted octanol–water partition coefficient (Wildman–Crippen LogP) is 1.26. The van der Waals surface area contributed by atoms with Crippen LogP contribution in [0.1, 0.15) is 61.8 Å². The Morgan fingerprint density at radius 3 is 2.36 bits per heavy atom. The van der Waals surface area contributed by atoms with Gasteiger partial charge in [-0.1, -0.05) is 0 Å². The van der Waals surface area contributed by atoms with E-state index in [1.807, 2.05) is 0 Å². The number of fused-ring (bicyclic) bond motifs is 4. The van der Waals surface area contributed by atoms with Gasteiger partial charge in [-0.05, 0) is 24.4 Å². The highest BCUT2D eigenvalue weighted by atomic mass is 16.8. The van der Waals surface area contributed by atoms with Crippen molar-refractivity contribution >= 4 is 28.3 Å². The van der Waals surface area contributed by atoms with Gasteiger partial charge in [-0.3, -0.25) is 9.59 Å². The zero-order chi connectivity index (χ0) is 36.0. The van der Waals surface area contributed by atoms with Crippen LogP contribution in [0.2, 0.25) is 0 Å². The van der Waals surface area contributed by atoms with Crippen LogP contribution >= 0.6 is 0 Å². The zero-order valence-corrected chi connectivity index (χ0v) is 26.7. The van der Waals surface area contributed by atoms with E-state index in [4.69, 9.17) is 32.8 Å². The number of hydrogen-bond donors (Lipinski definition) is 5. The number of aliphatic hydroxyl groups excluding tert-OH is 2. The molecule has 264 valence electrons. The number of allylic oxidation sites excluding steroid dienone is 2. The minimum Gasteiger partial charge on any atom is -0.507 e. The van der Waals surface area contributed by atoms with Crippen molar-refractivity contribution in [3.05, 3.63) is 62.4 Å². The van der Waals surface area contributed by atoms with Gasteiger partial charge < -0.3 is 63.1 Å². The molecule has 1 fully saturated rings. The summed E-state index contributed by atoms with van der Waals surface area (Å²) in [6.45, 7) is 1.55. The van der Waals surface area contributed by atoms with Gasteiger partial charge in [0.25, 0.3) is 0 Å². The van der Waals surface area contributed by atoms with Gasteiger partial charge in [0.15, 0.2) is 46.9 Å². The average molecular weight is 699 g/mol. The van der Waals surface area contributed by atoms with Gasteiger partial charge in [0.2, 0.25) is 11.5 Å². The van der Waals surface area contributed by atoms with E-state index >= 15 is 0 Å². The van der Waals surface area contributed by atoms with Crippen LogP contribution in [0.25, 0.3) is 10.8 Å². The van der Waals surface area contributed by atoms with E-state index in [9.17, 15) is 44.7 Å². The number of methoxy groups -OCH3 is 3. The van der Waals surface area contributed by atoms with Gasteiger partial charge in [0.05, 0.1) is 43.1 Å². The number of phenols is 3. The molecule has 7 rings (SSSR count). The smallest absolute Gasteiger partial charge is 0.374 e. The summed E-state index contributed by atoms with van der Waals surface area (Å²) in [5, 5.41) is 56.5. The van der Waals surface area contributed by atoms with Crippen LogP contribution in [0, 0.1) is 0 Å². The number of aromatic hydroxyl groups is 3. The molecule has 2 aromatic carbocycles. The third-order valence-corrected chi connectivity index (χ3v) is 9.33. The summed E-state index contributed by atoms with van der Waals surface area (Å²) in [6.07, 6.45) is -7.15. The molecule has 17 heteroatoms. The maximum atomic E-state index is 13.2. The molecule has 7 atom stereocenters. The molecule has 1 saturated heterocycles. The molecule has 3 aromatic rings. The molecular formula is C33H30O17. The number of carbonyl (C=O) groups is 3. The number of rotatable bonds is 5. The third-order valence-electron chi connectivity index (χ3n) is 9.33. The summed E-state index contributed by atoms with van der Waals surface area (Å²) in [5.74, 6) is -9.75. The van der Waals surface area contributed by atoms with Crippen molar-refractivity contribution in [3.8, 4) is 28.7 Å². The second-order valence-corrected chi connectivity index (χ2v) is 12.1. The predicted molar refractivity (Wildman–Crippen MR) is 162 cm³/mol. The summed E-state index contributed by atoms with van der Waals surface area (Å²) < 4.78 is 44.5. The molecule has 0 amide bonds. The first-order valence-corrected chi connectivity index (χ1v) is 15.2. The summed E-state index contributed by atoms with van der Waals surface area (Å²) in [6, 6.07) is 2.52. The quantitative estimate of drug-likeness (QED) is 0.186. The Morgan fingerprint density at radius 2 is 1.68 bits per heavy atom. The summed E-state index contributed by atoms with van der Waals surface area (Å²) in [7, 11) is 3.58. The lowest BCUT2D eigenvalue weighted by Crippen LogP contribution is -2.59. The van der Waals surface area contributed by atoms with E-state index in [1.54, 1.807) is 6.92 Å². The molecule has 17 nitrogen and oxygen atoms in total. The molecule has 50 heavy (non-hydrogen) atoms. The largest absolute Gasteiger partial charge is 0.507 e. The van der Waals surface area contributed by atoms with Crippen LogP contribution in [0.15, 0.2) is 33.2 Å². The number of hydrogen-bond acceptors (Lipinski definition) is 17. The highest BCUT2D eigenvalue weighted by molar-refractivity contribution is 6.26. The lowest BCUT2D eigenvalue weighted by molar-refractivity contribution is -0.313. The Hall–Kier alpha value is -5.20. The zero-order valence-electron chi connectivity index (χ0n) is 26.7. The SMILES string of the molecule is COC(=O)c1cc2cc3c(c(O)c2c(=O)o1)O[C@@]1(Oc2c(O)c4c(c(O)c2[C@H]1O[C@@H]1C[C@H](OC)[C@H](O)[C@H](C)O1)C(=O)C=C(OC)C4=O)[C@H](O)C3. The molecule has 4 heterocycles. The standard InChI is InChI=1S/C33H30O17/c1-10-23(36)15(44-3)9-18(46-10)48-30-22-25(38)20-13(34)8-14(43-2)24(37)21(20)27(40)29(22)50-33(30)17(35)7-12-5-11-6-16(31(41)45-4)47-32(42)19(11)26(39)28(12)49-33/h5-6,8,10,15,17-18,23,30,35-36,38-40H,7,9H2,1-4H3/t10-,15-,17+,18+,23+,30+,33+/m0/s1. The van der Waals surface area contributed by atoms with Crippen molar-refractivity contribution in [1.29, 1.82) is 0 Å². The number of carbonyl (C=O) groups excluding carboxylic acids is 3. The Balaban J connectivity index is 1.41. The van der Waals surface area contributed by atoms with Crippen LogP contribution in [0.5, 0.6) is 28.7 Å². The fourth-order valence-corrected chi connectivity index (χ4v) is 6.86. The van der Waals surface area contributed by atoms with Gasteiger partial charge in [0.1, 0.15) is 23.3 Å². The monoisotopic (exact) mass is 698 g/mol. The van der Waals surface area contributed by atoms with Crippen LogP contribution < -0.4 is 15.1 Å². The van der Waals surface area contributed by atoms with Crippen molar-refractivity contribution in [2.75, 3.05) is 21.3 Å². The fourth-order valence-electron chi connectivity index (χ4n) is 6.86. The molecule has 1 aliphatic carbocycles. The molecule has 5 N–H and O–H groups in total. The van der Waals surface area contributed by atoms with Gasteiger partial charge in [-0.15, -0.1) is 0 Å². The van der Waals surface area contributed by atoms with Crippen molar-refractivity contribution in [2.45, 2.75) is 62.4 Å². The van der Waals surface area contributed by atoms with E-state index in [0.29, 0.717) is 0 Å². The van der Waals surface area contributed by atoms with Crippen LogP contribution in [0.4, 0.5) is 0 Å². The maximum absolute atomic E-state index is 13.2. The Labute approximate surface area is 280 Å². The van der Waals surface area contributed by atoms with Crippen molar-refractivity contribution in [2.24, 2.45) is 0 Å². The molecular weight excluding hydrogens is 668 g/mol. The summed E-state index contributed by atoms with van der Waals surface area (Å²) >= 11 is 0. The average Bonchev–Trinajstić information content (AvgIpc) is 3.40. The molecule has 1 spiro atoms. The second kappa shape index (κ2) is 11.7. The highest BCUT2D eigenvalue weighted by Gasteiger charge is 2.63. The van der Waals surface area contributed by atoms with Crippen molar-refractivity contribution in [3.63, 3.8) is 0 Å². The van der Waals surface area contributed by atoms with Gasteiger partial charge in [-0.25, -0.2) is 9.59 Å². The fraction of sp³-hybridized carbons (Fsp3) is 0.394. The normalized spacial score (nSPS) is 28.3. The van der Waals surface area contributed by atoms with Crippen LogP contribution in [-0.2, 0) is 30.1 Å². The molecule has 4 aliphatic rings. The van der Waals surface area contributed by atoms with E-state index < -0.39 is 128 Å². The summed E-state index contributed by atoms with van der Waals surface area (Å²) in [5.41, 5.74) is -2.68. The maximum Gasteiger partial charge on any atom is 0.374 e. The molecule has 3 aliphatic heterocycles.